The van der Waals surface area contributed by atoms with E-state index in [1.165, 1.54) is 19.4 Å². The molecule has 0 amide bonds. The van der Waals surface area contributed by atoms with Crippen LogP contribution in [-0.4, -0.2) is 30.6 Å². The largest absolute Gasteiger partial charge is 0.329 e. The Morgan fingerprint density at radius 1 is 1.46 bits per heavy atom. The number of hydrogen-bond acceptors (Lipinski definition) is 2. The molecule has 13 heavy (non-hydrogen) atoms. The molecule has 0 aromatic rings. The standard InChI is InChI=1S/C11H24N2/c1-9(2)11-8-10(3)4-6-13(11)7-5-12/h9-11H,4-8,12H2,1-3H3/t10?,11-/m0/s1. The molecule has 1 fully saturated rings. The molecule has 1 heterocycles. The zero-order chi connectivity index (χ0) is 9.84. The summed E-state index contributed by atoms with van der Waals surface area (Å²) >= 11 is 0. The number of hydrogen-bond donors (Lipinski definition) is 1. The van der Waals surface area contributed by atoms with E-state index in [0.717, 1.165) is 31.0 Å². The molecule has 78 valence electrons. The Balaban J connectivity index is 2.50. The third kappa shape index (κ3) is 2.96. The van der Waals surface area contributed by atoms with Crippen LogP contribution in [0.5, 0.6) is 0 Å². The van der Waals surface area contributed by atoms with Gasteiger partial charge < -0.3 is 5.73 Å². The summed E-state index contributed by atoms with van der Waals surface area (Å²) in [5.41, 5.74) is 5.61. The van der Waals surface area contributed by atoms with E-state index in [2.05, 4.69) is 25.7 Å². The van der Waals surface area contributed by atoms with E-state index in [1.807, 2.05) is 0 Å². The minimum atomic E-state index is 0.771. The highest BCUT2D eigenvalue weighted by Crippen LogP contribution is 2.26. The Labute approximate surface area is 82.5 Å². The van der Waals surface area contributed by atoms with Crippen molar-refractivity contribution in [3.8, 4) is 0 Å². The number of nitrogens with two attached hydrogens (primary N) is 1. The highest BCUT2D eigenvalue weighted by molar-refractivity contribution is 4.82. The topological polar surface area (TPSA) is 29.3 Å². The minimum Gasteiger partial charge on any atom is -0.329 e. The third-order valence-electron chi connectivity index (χ3n) is 3.21. The average Bonchev–Trinajstić information content (AvgIpc) is 2.08. The van der Waals surface area contributed by atoms with Gasteiger partial charge >= 0.3 is 0 Å². The van der Waals surface area contributed by atoms with E-state index in [0.29, 0.717) is 0 Å². The Morgan fingerprint density at radius 3 is 2.69 bits per heavy atom. The van der Waals surface area contributed by atoms with Crippen molar-refractivity contribution in [1.82, 2.24) is 4.90 Å². The number of nitrogens with zero attached hydrogens (tertiary/aromatic N) is 1. The lowest BCUT2D eigenvalue weighted by Crippen LogP contribution is -2.46. The minimum absolute atomic E-state index is 0.771. The molecule has 0 aromatic heterocycles. The first-order valence-electron chi connectivity index (χ1n) is 5.59. The van der Waals surface area contributed by atoms with Crippen LogP contribution in [0.4, 0.5) is 0 Å². The fourth-order valence-electron chi connectivity index (χ4n) is 2.37. The summed E-state index contributed by atoms with van der Waals surface area (Å²) in [6.07, 6.45) is 2.71. The normalized spacial score (nSPS) is 31.2. The van der Waals surface area contributed by atoms with Gasteiger partial charge in [-0.3, -0.25) is 4.90 Å². The maximum atomic E-state index is 5.61. The van der Waals surface area contributed by atoms with Crippen LogP contribution in [0.25, 0.3) is 0 Å². The molecule has 2 nitrogen and oxygen atoms in total. The summed E-state index contributed by atoms with van der Waals surface area (Å²) in [7, 11) is 0. The van der Waals surface area contributed by atoms with Crippen LogP contribution in [-0.2, 0) is 0 Å². The van der Waals surface area contributed by atoms with Gasteiger partial charge in [0.2, 0.25) is 0 Å². The molecule has 2 atom stereocenters. The molecule has 1 aliphatic rings. The summed E-state index contributed by atoms with van der Waals surface area (Å²) in [6, 6.07) is 0.771. The quantitative estimate of drug-likeness (QED) is 0.723. The molecule has 0 spiro atoms. The summed E-state index contributed by atoms with van der Waals surface area (Å²) in [5, 5.41) is 0. The van der Waals surface area contributed by atoms with Crippen molar-refractivity contribution in [3.05, 3.63) is 0 Å². The van der Waals surface area contributed by atoms with E-state index in [-0.39, 0.29) is 0 Å². The first-order chi connectivity index (χ1) is 6.15. The molecular weight excluding hydrogens is 160 g/mol. The van der Waals surface area contributed by atoms with E-state index in [9.17, 15) is 0 Å². The number of rotatable bonds is 3. The highest BCUT2D eigenvalue weighted by atomic mass is 15.2. The van der Waals surface area contributed by atoms with Crippen LogP contribution in [0.3, 0.4) is 0 Å². The van der Waals surface area contributed by atoms with Gasteiger partial charge in [0, 0.05) is 19.1 Å². The van der Waals surface area contributed by atoms with Gasteiger partial charge in [-0.05, 0) is 31.2 Å². The Morgan fingerprint density at radius 2 is 2.15 bits per heavy atom. The predicted octanol–water partition coefficient (Wildman–Crippen LogP) is 1.70. The van der Waals surface area contributed by atoms with Crippen LogP contribution < -0.4 is 5.73 Å². The molecule has 0 bridgehead atoms. The fraction of sp³-hybridized carbons (Fsp3) is 1.00. The van der Waals surface area contributed by atoms with Gasteiger partial charge in [-0.15, -0.1) is 0 Å². The van der Waals surface area contributed by atoms with Gasteiger partial charge in [-0.2, -0.15) is 0 Å². The maximum Gasteiger partial charge on any atom is 0.0121 e. The number of piperidine rings is 1. The van der Waals surface area contributed by atoms with Crippen LogP contribution in [0.15, 0.2) is 0 Å². The van der Waals surface area contributed by atoms with E-state index >= 15 is 0 Å². The predicted molar refractivity (Wildman–Crippen MR) is 57.7 cm³/mol. The maximum absolute atomic E-state index is 5.61. The van der Waals surface area contributed by atoms with Gasteiger partial charge in [-0.25, -0.2) is 0 Å². The zero-order valence-electron chi connectivity index (χ0n) is 9.29. The molecular formula is C11H24N2. The van der Waals surface area contributed by atoms with Crippen molar-refractivity contribution >= 4 is 0 Å². The van der Waals surface area contributed by atoms with E-state index < -0.39 is 0 Å². The van der Waals surface area contributed by atoms with Crippen molar-refractivity contribution in [1.29, 1.82) is 0 Å². The highest BCUT2D eigenvalue weighted by Gasteiger charge is 2.27. The van der Waals surface area contributed by atoms with Crippen LogP contribution in [0.2, 0.25) is 0 Å². The SMILES string of the molecule is CC1CCN(CCN)[C@H](C(C)C)C1. The summed E-state index contributed by atoms with van der Waals surface area (Å²) in [4.78, 5) is 2.57. The van der Waals surface area contributed by atoms with Crippen molar-refractivity contribution in [2.75, 3.05) is 19.6 Å². The first-order valence-corrected chi connectivity index (χ1v) is 5.59. The van der Waals surface area contributed by atoms with Crippen LogP contribution >= 0.6 is 0 Å². The molecule has 1 rings (SSSR count). The molecule has 2 N–H and O–H groups in total. The van der Waals surface area contributed by atoms with Gasteiger partial charge in [0.05, 0.1) is 0 Å². The van der Waals surface area contributed by atoms with Gasteiger partial charge in [0.25, 0.3) is 0 Å². The Kier molecular flexibility index (Phi) is 4.20. The van der Waals surface area contributed by atoms with Crippen molar-refractivity contribution in [3.63, 3.8) is 0 Å². The summed E-state index contributed by atoms with van der Waals surface area (Å²) in [5.74, 6) is 1.68. The molecule has 0 radical (unpaired) electrons. The lowest BCUT2D eigenvalue weighted by atomic mass is 9.86. The molecule has 1 unspecified atom stereocenters. The average molecular weight is 184 g/mol. The number of likely N-dealkylation sites (tertiary alicyclic amines) is 1. The second-order valence-corrected chi connectivity index (χ2v) is 4.77. The molecule has 0 aromatic carbocycles. The molecule has 0 saturated carbocycles. The first kappa shape index (κ1) is 11.0. The molecule has 1 aliphatic heterocycles. The molecule has 1 saturated heterocycles. The van der Waals surface area contributed by atoms with Crippen molar-refractivity contribution in [2.45, 2.75) is 39.7 Å². The smallest absolute Gasteiger partial charge is 0.0121 e. The monoisotopic (exact) mass is 184 g/mol. The van der Waals surface area contributed by atoms with Crippen LogP contribution in [0, 0.1) is 11.8 Å². The summed E-state index contributed by atoms with van der Waals surface area (Å²) < 4.78 is 0. The third-order valence-corrected chi connectivity index (χ3v) is 3.21. The van der Waals surface area contributed by atoms with Crippen molar-refractivity contribution < 1.29 is 0 Å². The van der Waals surface area contributed by atoms with E-state index in [4.69, 9.17) is 5.73 Å². The van der Waals surface area contributed by atoms with Crippen LogP contribution in [0.1, 0.15) is 33.6 Å². The van der Waals surface area contributed by atoms with E-state index in [1.54, 1.807) is 0 Å². The Bertz CT molecular complexity index is 145. The van der Waals surface area contributed by atoms with Gasteiger partial charge in [0.1, 0.15) is 0 Å². The lowest BCUT2D eigenvalue weighted by Gasteiger charge is -2.40. The zero-order valence-corrected chi connectivity index (χ0v) is 9.29. The van der Waals surface area contributed by atoms with Gasteiger partial charge in [-0.1, -0.05) is 20.8 Å². The Hall–Kier alpha value is -0.0800. The van der Waals surface area contributed by atoms with Crippen molar-refractivity contribution in [2.24, 2.45) is 17.6 Å². The molecule has 0 aliphatic carbocycles. The summed E-state index contributed by atoms with van der Waals surface area (Å²) in [6.45, 7) is 10.2. The molecule has 2 heteroatoms. The fourth-order valence-corrected chi connectivity index (χ4v) is 2.37. The second-order valence-electron chi connectivity index (χ2n) is 4.77. The lowest BCUT2D eigenvalue weighted by molar-refractivity contribution is 0.0889. The second kappa shape index (κ2) is 4.97. The van der Waals surface area contributed by atoms with Gasteiger partial charge in [0.15, 0.2) is 0 Å².